The van der Waals surface area contributed by atoms with Crippen LogP contribution in [-0.4, -0.2) is 55.6 Å². The number of para-hydroxylation sites is 1. The number of hydrogen-bond donors (Lipinski definition) is 0. The van der Waals surface area contributed by atoms with Crippen LogP contribution >= 0.6 is 22.9 Å². The van der Waals surface area contributed by atoms with E-state index in [1.807, 2.05) is 42.3 Å². The highest BCUT2D eigenvalue weighted by Crippen LogP contribution is 2.29. The van der Waals surface area contributed by atoms with E-state index >= 15 is 0 Å². The molecule has 0 unspecified atom stereocenters. The highest BCUT2D eigenvalue weighted by Gasteiger charge is 2.23. The van der Waals surface area contributed by atoms with Crippen molar-refractivity contribution in [2.75, 3.05) is 49.6 Å². The Balaban J connectivity index is 1.36. The smallest absolute Gasteiger partial charge is 0.242 e. The van der Waals surface area contributed by atoms with Gasteiger partial charge < -0.3 is 14.7 Å². The topological polar surface area (TPSA) is 39.7 Å². The molecule has 2 aromatic carbocycles. The van der Waals surface area contributed by atoms with Gasteiger partial charge in [-0.3, -0.25) is 4.79 Å². The number of thiazole rings is 1. The van der Waals surface area contributed by atoms with E-state index in [9.17, 15) is 9.18 Å². The van der Waals surface area contributed by atoms with Crippen LogP contribution in [0.4, 0.5) is 15.2 Å². The molecule has 8 heteroatoms. The quantitative estimate of drug-likeness (QED) is 0.644. The van der Waals surface area contributed by atoms with Gasteiger partial charge in [-0.25, -0.2) is 9.37 Å². The highest BCUT2D eigenvalue weighted by molar-refractivity contribution is 7.22. The molecule has 1 aliphatic heterocycles. The van der Waals surface area contributed by atoms with Crippen LogP contribution in [0.15, 0.2) is 42.5 Å². The molecule has 0 saturated carbocycles. The number of aromatic nitrogens is 1. The molecule has 1 amide bonds. The third-order valence-electron chi connectivity index (χ3n) is 4.88. The lowest BCUT2D eigenvalue weighted by Gasteiger charge is -2.36. The van der Waals surface area contributed by atoms with Crippen molar-refractivity contribution in [2.24, 2.45) is 0 Å². The highest BCUT2D eigenvalue weighted by atomic mass is 35.5. The molecule has 1 aliphatic rings. The van der Waals surface area contributed by atoms with Gasteiger partial charge in [0.1, 0.15) is 11.3 Å². The number of amides is 1. The summed E-state index contributed by atoms with van der Waals surface area (Å²) in [5.74, 6) is -0.281. The summed E-state index contributed by atoms with van der Waals surface area (Å²) >= 11 is 7.34. The van der Waals surface area contributed by atoms with Crippen molar-refractivity contribution in [3.8, 4) is 0 Å². The van der Waals surface area contributed by atoms with E-state index < -0.39 is 0 Å². The number of anilines is 2. The van der Waals surface area contributed by atoms with Crippen molar-refractivity contribution < 1.29 is 9.18 Å². The Morgan fingerprint density at radius 1 is 1.18 bits per heavy atom. The van der Waals surface area contributed by atoms with E-state index in [1.54, 1.807) is 11.0 Å². The van der Waals surface area contributed by atoms with Crippen LogP contribution in [0.25, 0.3) is 10.2 Å². The predicted molar refractivity (Wildman–Crippen MR) is 113 cm³/mol. The molecule has 0 spiro atoms. The van der Waals surface area contributed by atoms with Crippen molar-refractivity contribution in [3.05, 3.63) is 53.3 Å². The largest absolute Gasteiger partial charge is 0.368 e. The lowest BCUT2D eigenvalue weighted by Crippen LogP contribution is -2.51. The number of hydrogen-bond acceptors (Lipinski definition) is 5. The van der Waals surface area contributed by atoms with Crippen LogP contribution in [0.3, 0.4) is 0 Å². The van der Waals surface area contributed by atoms with Crippen LogP contribution in [0, 0.1) is 5.82 Å². The SMILES string of the molecule is CN(CC(=O)N1CCN(c2ccc(Cl)cc2)CC1)c1nc2c(F)cccc2s1. The molecule has 0 atom stereocenters. The van der Waals surface area contributed by atoms with Gasteiger partial charge in [0.25, 0.3) is 0 Å². The first kappa shape index (κ1) is 19.0. The second kappa shape index (κ2) is 7.93. The standard InChI is InChI=1S/C20H20ClFN4OS/c1-24(20-23-19-16(22)3-2-4-17(19)28-20)13-18(27)26-11-9-25(10-12-26)15-7-5-14(21)6-8-15/h2-8H,9-13H2,1H3. The summed E-state index contributed by atoms with van der Waals surface area (Å²) in [6, 6.07) is 12.7. The second-order valence-corrected chi connectivity index (χ2v) is 8.23. The van der Waals surface area contributed by atoms with Gasteiger partial charge >= 0.3 is 0 Å². The molecule has 28 heavy (non-hydrogen) atoms. The van der Waals surface area contributed by atoms with Crippen molar-refractivity contribution in [2.45, 2.75) is 0 Å². The molecule has 4 rings (SSSR count). The van der Waals surface area contributed by atoms with Gasteiger partial charge in [0.2, 0.25) is 5.91 Å². The van der Waals surface area contributed by atoms with Gasteiger partial charge in [0.15, 0.2) is 5.13 Å². The molecular weight excluding hydrogens is 399 g/mol. The van der Waals surface area contributed by atoms with Crippen LogP contribution in [0.2, 0.25) is 5.02 Å². The minimum Gasteiger partial charge on any atom is -0.368 e. The summed E-state index contributed by atoms with van der Waals surface area (Å²) in [5, 5.41) is 1.36. The number of fused-ring (bicyclic) bond motifs is 1. The zero-order chi connectivity index (χ0) is 19.7. The molecule has 1 aromatic heterocycles. The Morgan fingerprint density at radius 2 is 1.89 bits per heavy atom. The Kier molecular flexibility index (Phi) is 5.37. The molecule has 5 nitrogen and oxygen atoms in total. The van der Waals surface area contributed by atoms with Gasteiger partial charge in [0, 0.05) is 43.9 Å². The average molecular weight is 419 g/mol. The van der Waals surface area contributed by atoms with E-state index in [0.29, 0.717) is 23.7 Å². The van der Waals surface area contributed by atoms with Crippen LogP contribution in [0.1, 0.15) is 0 Å². The van der Waals surface area contributed by atoms with Crippen LogP contribution in [-0.2, 0) is 4.79 Å². The van der Waals surface area contributed by atoms with Crippen molar-refractivity contribution in [3.63, 3.8) is 0 Å². The number of halogens is 2. The Labute approximate surface area is 171 Å². The Hall–Kier alpha value is -2.38. The maximum Gasteiger partial charge on any atom is 0.242 e. The Bertz CT molecular complexity index is 986. The summed E-state index contributed by atoms with van der Waals surface area (Å²) < 4.78 is 14.6. The van der Waals surface area contributed by atoms with Crippen molar-refractivity contribution in [1.82, 2.24) is 9.88 Å². The summed E-state index contributed by atoms with van der Waals surface area (Å²) in [6.45, 7) is 3.13. The van der Waals surface area contributed by atoms with E-state index in [1.165, 1.54) is 17.4 Å². The Morgan fingerprint density at radius 3 is 2.57 bits per heavy atom. The minimum absolute atomic E-state index is 0.0537. The number of piperazine rings is 1. The second-order valence-electron chi connectivity index (χ2n) is 6.78. The number of benzene rings is 2. The fourth-order valence-electron chi connectivity index (χ4n) is 3.30. The van der Waals surface area contributed by atoms with E-state index in [0.717, 1.165) is 28.5 Å². The molecule has 0 N–H and O–H groups in total. The maximum absolute atomic E-state index is 13.9. The molecule has 146 valence electrons. The molecule has 0 radical (unpaired) electrons. The normalized spacial score (nSPS) is 14.5. The molecular formula is C20H20ClFN4OS. The summed E-state index contributed by atoms with van der Waals surface area (Å²) in [7, 11) is 1.82. The minimum atomic E-state index is -0.335. The maximum atomic E-state index is 13.9. The summed E-state index contributed by atoms with van der Waals surface area (Å²) in [4.78, 5) is 23.0. The van der Waals surface area contributed by atoms with Gasteiger partial charge in [-0.15, -0.1) is 0 Å². The van der Waals surface area contributed by atoms with Crippen LogP contribution in [0.5, 0.6) is 0 Å². The number of nitrogens with zero attached hydrogens (tertiary/aromatic N) is 4. The van der Waals surface area contributed by atoms with Crippen LogP contribution < -0.4 is 9.80 Å². The van der Waals surface area contributed by atoms with E-state index in [2.05, 4.69) is 9.88 Å². The van der Waals surface area contributed by atoms with Gasteiger partial charge in [0.05, 0.1) is 11.2 Å². The lowest BCUT2D eigenvalue weighted by molar-refractivity contribution is -0.129. The molecule has 1 fully saturated rings. The zero-order valence-electron chi connectivity index (χ0n) is 15.4. The number of carbonyl (C=O) groups excluding carboxylic acids is 1. The number of carbonyl (C=O) groups is 1. The molecule has 3 aromatic rings. The van der Waals surface area contributed by atoms with Crippen molar-refractivity contribution in [1.29, 1.82) is 0 Å². The third-order valence-corrected chi connectivity index (χ3v) is 6.27. The molecule has 2 heterocycles. The first-order chi connectivity index (χ1) is 13.5. The molecule has 0 bridgehead atoms. The summed E-state index contributed by atoms with van der Waals surface area (Å²) in [6.07, 6.45) is 0. The predicted octanol–water partition coefficient (Wildman–Crippen LogP) is 3.87. The molecule has 1 saturated heterocycles. The van der Waals surface area contributed by atoms with E-state index in [-0.39, 0.29) is 18.3 Å². The average Bonchev–Trinajstić information content (AvgIpc) is 3.15. The number of rotatable bonds is 4. The summed E-state index contributed by atoms with van der Waals surface area (Å²) in [5.41, 5.74) is 1.48. The first-order valence-electron chi connectivity index (χ1n) is 9.06. The van der Waals surface area contributed by atoms with Gasteiger partial charge in [-0.2, -0.15) is 0 Å². The first-order valence-corrected chi connectivity index (χ1v) is 10.3. The lowest BCUT2D eigenvalue weighted by atomic mass is 10.2. The van der Waals surface area contributed by atoms with E-state index in [4.69, 9.17) is 11.6 Å². The monoisotopic (exact) mass is 418 g/mol. The van der Waals surface area contributed by atoms with Gasteiger partial charge in [-0.05, 0) is 36.4 Å². The van der Waals surface area contributed by atoms with Gasteiger partial charge in [-0.1, -0.05) is 29.0 Å². The zero-order valence-corrected chi connectivity index (χ0v) is 17.0. The van der Waals surface area contributed by atoms with Crippen molar-refractivity contribution >= 4 is 49.9 Å². The number of likely N-dealkylation sites (N-methyl/N-ethyl adjacent to an activating group) is 1. The third kappa shape index (κ3) is 3.91. The fraction of sp³-hybridized carbons (Fsp3) is 0.300. The fourth-order valence-corrected chi connectivity index (χ4v) is 4.37. The molecule has 0 aliphatic carbocycles.